The van der Waals surface area contributed by atoms with Crippen LogP contribution in [0.25, 0.3) is 0 Å². The van der Waals surface area contributed by atoms with Crippen molar-refractivity contribution in [1.82, 2.24) is 0 Å². The Labute approximate surface area is 131 Å². The molecule has 0 bridgehead atoms. The van der Waals surface area contributed by atoms with E-state index in [0.29, 0.717) is 19.4 Å². The molecular weight excluding hydrogens is 278 g/mol. The number of carbonyl (C=O) groups excluding carboxylic acids is 1. The van der Waals surface area contributed by atoms with Crippen LogP contribution in [0.2, 0.25) is 0 Å². The molecule has 2 rings (SSSR count). The van der Waals surface area contributed by atoms with Crippen LogP contribution in [-0.2, 0) is 22.6 Å². The van der Waals surface area contributed by atoms with Crippen molar-refractivity contribution < 1.29 is 14.3 Å². The summed E-state index contributed by atoms with van der Waals surface area (Å²) in [5, 5.41) is 2.91. The number of nitrogens with one attached hydrogen (secondary N) is 1. The number of aryl methyl sites for hydroxylation is 1. The average molecular weight is 299 g/mol. The van der Waals surface area contributed by atoms with Crippen LogP contribution in [0.1, 0.15) is 17.5 Å². The molecular formula is C18H21NO3. The fourth-order valence-electron chi connectivity index (χ4n) is 2.21. The second-order valence-corrected chi connectivity index (χ2v) is 5.03. The van der Waals surface area contributed by atoms with E-state index < -0.39 is 0 Å². The molecule has 0 aliphatic carbocycles. The zero-order valence-corrected chi connectivity index (χ0v) is 13.0. The molecule has 116 valence electrons. The minimum atomic E-state index is -0.00242. The first-order chi connectivity index (χ1) is 10.7. The molecule has 1 N–H and O–H groups in total. The summed E-state index contributed by atoms with van der Waals surface area (Å²) in [7, 11) is 3.29. The van der Waals surface area contributed by atoms with Gasteiger partial charge in [0.25, 0.3) is 0 Å². The molecule has 4 nitrogen and oxygen atoms in total. The maximum absolute atomic E-state index is 12.0. The minimum absolute atomic E-state index is 0.00242. The van der Waals surface area contributed by atoms with Crippen LogP contribution in [0.5, 0.6) is 5.75 Å². The highest BCUT2D eigenvalue weighted by molar-refractivity contribution is 5.90. The molecule has 0 fully saturated rings. The lowest BCUT2D eigenvalue weighted by Crippen LogP contribution is -2.12. The Balaban J connectivity index is 1.88. The monoisotopic (exact) mass is 299 g/mol. The lowest BCUT2D eigenvalue weighted by molar-refractivity contribution is -0.116. The number of anilines is 1. The lowest BCUT2D eigenvalue weighted by atomic mass is 10.1. The second-order valence-electron chi connectivity index (χ2n) is 5.03. The topological polar surface area (TPSA) is 47.6 Å². The molecule has 2 aromatic rings. The average Bonchev–Trinajstić information content (AvgIpc) is 2.54. The number of rotatable bonds is 7. The van der Waals surface area contributed by atoms with E-state index in [1.807, 2.05) is 48.5 Å². The Bertz CT molecular complexity index is 625. The number of hydrogen-bond donors (Lipinski definition) is 1. The maximum atomic E-state index is 12.0. The van der Waals surface area contributed by atoms with E-state index in [9.17, 15) is 4.79 Å². The summed E-state index contributed by atoms with van der Waals surface area (Å²) in [5.41, 5.74) is 2.92. The summed E-state index contributed by atoms with van der Waals surface area (Å²) >= 11 is 0. The molecule has 0 aliphatic heterocycles. The molecule has 0 heterocycles. The zero-order chi connectivity index (χ0) is 15.8. The van der Waals surface area contributed by atoms with Crippen molar-refractivity contribution in [1.29, 1.82) is 0 Å². The third-order valence-electron chi connectivity index (χ3n) is 3.30. The molecule has 0 saturated carbocycles. The SMILES string of the molecule is COCc1cccc(NC(=O)CCc2cccc(OC)c2)c1. The summed E-state index contributed by atoms with van der Waals surface area (Å²) in [5.74, 6) is 0.808. The standard InChI is InChI=1S/C18H21NO3/c1-21-13-15-6-3-7-16(11-15)19-18(20)10-9-14-5-4-8-17(12-14)22-2/h3-8,11-12H,9-10,13H2,1-2H3,(H,19,20). The minimum Gasteiger partial charge on any atom is -0.497 e. The van der Waals surface area contributed by atoms with Gasteiger partial charge in [0.1, 0.15) is 5.75 Å². The van der Waals surface area contributed by atoms with E-state index in [1.165, 1.54) is 0 Å². The van der Waals surface area contributed by atoms with E-state index in [-0.39, 0.29) is 5.91 Å². The predicted octanol–water partition coefficient (Wildman–Crippen LogP) is 3.41. The van der Waals surface area contributed by atoms with Gasteiger partial charge >= 0.3 is 0 Å². The number of amides is 1. The molecule has 2 aromatic carbocycles. The number of methoxy groups -OCH3 is 2. The van der Waals surface area contributed by atoms with Gasteiger partial charge in [-0.25, -0.2) is 0 Å². The molecule has 1 amide bonds. The van der Waals surface area contributed by atoms with E-state index in [1.54, 1.807) is 14.2 Å². The fourth-order valence-corrected chi connectivity index (χ4v) is 2.21. The van der Waals surface area contributed by atoms with Crippen molar-refractivity contribution >= 4 is 11.6 Å². The van der Waals surface area contributed by atoms with Gasteiger partial charge in [0.2, 0.25) is 5.91 Å². The van der Waals surface area contributed by atoms with Crippen molar-refractivity contribution in [3.05, 3.63) is 59.7 Å². The summed E-state index contributed by atoms with van der Waals surface area (Å²) in [6.07, 6.45) is 1.11. The molecule has 0 aliphatic rings. The van der Waals surface area contributed by atoms with Crippen LogP contribution in [0, 0.1) is 0 Å². The summed E-state index contributed by atoms with van der Waals surface area (Å²) in [4.78, 5) is 12.0. The Morgan fingerprint density at radius 2 is 1.82 bits per heavy atom. The highest BCUT2D eigenvalue weighted by Gasteiger charge is 2.05. The van der Waals surface area contributed by atoms with Crippen LogP contribution < -0.4 is 10.1 Å². The van der Waals surface area contributed by atoms with E-state index in [0.717, 1.165) is 22.6 Å². The molecule has 0 spiro atoms. The summed E-state index contributed by atoms with van der Waals surface area (Å²) < 4.78 is 10.3. The van der Waals surface area contributed by atoms with E-state index in [4.69, 9.17) is 9.47 Å². The molecule has 22 heavy (non-hydrogen) atoms. The van der Waals surface area contributed by atoms with Crippen molar-refractivity contribution in [2.45, 2.75) is 19.4 Å². The Hall–Kier alpha value is -2.33. The van der Waals surface area contributed by atoms with Gasteiger partial charge in [0.15, 0.2) is 0 Å². The first-order valence-corrected chi connectivity index (χ1v) is 7.22. The Morgan fingerprint density at radius 3 is 2.59 bits per heavy atom. The van der Waals surface area contributed by atoms with Gasteiger partial charge in [-0.3, -0.25) is 4.79 Å². The summed E-state index contributed by atoms with van der Waals surface area (Å²) in [6.45, 7) is 0.535. The number of ether oxygens (including phenoxy) is 2. The normalized spacial score (nSPS) is 10.3. The largest absolute Gasteiger partial charge is 0.497 e. The van der Waals surface area contributed by atoms with Gasteiger partial charge in [-0.2, -0.15) is 0 Å². The van der Waals surface area contributed by atoms with Gasteiger partial charge < -0.3 is 14.8 Å². The maximum Gasteiger partial charge on any atom is 0.224 e. The van der Waals surface area contributed by atoms with Crippen LogP contribution in [-0.4, -0.2) is 20.1 Å². The second kappa shape index (κ2) is 8.20. The highest BCUT2D eigenvalue weighted by Crippen LogP contribution is 2.15. The van der Waals surface area contributed by atoms with Gasteiger partial charge in [-0.15, -0.1) is 0 Å². The first-order valence-electron chi connectivity index (χ1n) is 7.22. The van der Waals surface area contributed by atoms with Crippen molar-refractivity contribution in [3.8, 4) is 5.75 Å². The predicted molar refractivity (Wildman–Crippen MR) is 87.1 cm³/mol. The smallest absolute Gasteiger partial charge is 0.224 e. The number of hydrogen-bond acceptors (Lipinski definition) is 3. The molecule has 0 unspecified atom stereocenters. The Morgan fingerprint density at radius 1 is 1.05 bits per heavy atom. The van der Waals surface area contributed by atoms with E-state index in [2.05, 4.69) is 5.32 Å². The quantitative estimate of drug-likeness (QED) is 0.852. The van der Waals surface area contributed by atoms with Gasteiger partial charge in [0, 0.05) is 19.2 Å². The fraction of sp³-hybridized carbons (Fsp3) is 0.278. The molecule has 0 radical (unpaired) electrons. The molecule has 0 aromatic heterocycles. The number of benzene rings is 2. The summed E-state index contributed by atoms with van der Waals surface area (Å²) in [6, 6.07) is 15.4. The highest BCUT2D eigenvalue weighted by atomic mass is 16.5. The van der Waals surface area contributed by atoms with Crippen LogP contribution in [0.3, 0.4) is 0 Å². The molecule has 0 atom stereocenters. The van der Waals surface area contributed by atoms with Crippen molar-refractivity contribution in [2.24, 2.45) is 0 Å². The van der Waals surface area contributed by atoms with Crippen LogP contribution in [0.15, 0.2) is 48.5 Å². The lowest BCUT2D eigenvalue weighted by Gasteiger charge is -2.08. The van der Waals surface area contributed by atoms with Crippen molar-refractivity contribution in [2.75, 3.05) is 19.5 Å². The third-order valence-corrected chi connectivity index (χ3v) is 3.30. The van der Waals surface area contributed by atoms with Crippen LogP contribution in [0.4, 0.5) is 5.69 Å². The van der Waals surface area contributed by atoms with Crippen LogP contribution >= 0.6 is 0 Å². The zero-order valence-electron chi connectivity index (χ0n) is 13.0. The molecule has 0 saturated heterocycles. The molecule has 4 heteroatoms. The van der Waals surface area contributed by atoms with Gasteiger partial charge in [-0.05, 0) is 41.8 Å². The Kier molecular flexibility index (Phi) is 5.98. The van der Waals surface area contributed by atoms with E-state index >= 15 is 0 Å². The van der Waals surface area contributed by atoms with Gasteiger partial charge in [0.05, 0.1) is 13.7 Å². The first kappa shape index (κ1) is 16.0. The van der Waals surface area contributed by atoms with Gasteiger partial charge in [-0.1, -0.05) is 24.3 Å². The third kappa shape index (κ3) is 4.90. The van der Waals surface area contributed by atoms with Crippen molar-refractivity contribution in [3.63, 3.8) is 0 Å². The number of carbonyl (C=O) groups is 1.